The third-order valence-electron chi connectivity index (χ3n) is 4.15. The molecule has 0 saturated carbocycles. The minimum absolute atomic E-state index is 0.00262. The van der Waals surface area contributed by atoms with Gasteiger partial charge in [-0.05, 0) is 19.1 Å². The van der Waals surface area contributed by atoms with Crippen LogP contribution in [0.5, 0.6) is 5.88 Å². The van der Waals surface area contributed by atoms with Crippen LogP contribution in [0, 0.1) is 17.0 Å². The second-order valence-electron chi connectivity index (χ2n) is 5.80. The maximum atomic E-state index is 11.9. The number of non-ortho nitro benzene ring substituents is 1. The Kier molecular flexibility index (Phi) is 3.61. The van der Waals surface area contributed by atoms with Gasteiger partial charge in [0.05, 0.1) is 22.6 Å². The predicted octanol–water partition coefficient (Wildman–Crippen LogP) is 3.80. The SMILES string of the molecule is Cc1ccc(C2CC(=O)Oc3n[nH]c(-c4cccc([N+](=O)[O-])c4)c32)s1. The van der Waals surface area contributed by atoms with Crippen LogP contribution in [0.25, 0.3) is 11.3 Å². The molecule has 1 N–H and O–H groups in total. The number of aromatic amines is 1. The van der Waals surface area contributed by atoms with Crippen molar-refractivity contribution in [2.45, 2.75) is 19.3 Å². The molecule has 0 bridgehead atoms. The molecule has 1 aromatic carbocycles. The Bertz CT molecular complexity index is 991. The van der Waals surface area contributed by atoms with Crippen LogP contribution in [0.2, 0.25) is 0 Å². The van der Waals surface area contributed by atoms with Crippen LogP contribution < -0.4 is 4.74 Å². The zero-order valence-electron chi connectivity index (χ0n) is 13.2. The summed E-state index contributed by atoms with van der Waals surface area (Å²) in [5.41, 5.74) is 2.04. The number of benzene rings is 1. The number of aromatic nitrogens is 2. The molecular weight excluding hydrogens is 342 g/mol. The molecule has 1 aliphatic rings. The van der Waals surface area contributed by atoms with Crippen molar-refractivity contribution >= 4 is 23.0 Å². The highest BCUT2D eigenvalue weighted by molar-refractivity contribution is 7.12. The van der Waals surface area contributed by atoms with Gasteiger partial charge in [-0.3, -0.25) is 20.0 Å². The topological polar surface area (TPSA) is 98.1 Å². The number of fused-ring (bicyclic) bond motifs is 1. The van der Waals surface area contributed by atoms with Crippen LogP contribution >= 0.6 is 11.3 Å². The fourth-order valence-electron chi connectivity index (χ4n) is 3.03. The van der Waals surface area contributed by atoms with Gasteiger partial charge in [-0.15, -0.1) is 16.4 Å². The summed E-state index contributed by atoms with van der Waals surface area (Å²) < 4.78 is 5.26. The summed E-state index contributed by atoms with van der Waals surface area (Å²) in [7, 11) is 0. The van der Waals surface area contributed by atoms with Crippen molar-refractivity contribution in [1.29, 1.82) is 0 Å². The number of rotatable bonds is 3. The molecule has 0 spiro atoms. The van der Waals surface area contributed by atoms with Gasteiger partial charge in [-0.2, -0.15) is 0 Å². The van der Waals surface area contributed by atoms with Crippen molar-refractivity contribution < 1.29 is 14.5 Å². The number of carbonyl (C=O) groups excluding carboxylic acids is 1. The van der Waals surface area contributed by atoms with E-state index in [4.69, 9.17) is 4.74 Å². The van der Waals surface area contributed by atoms with Crippen LogP contribution in [-0.4, -0.2) is 21.1 Å². The van der Waals surface area contributed by atoms with Crippen LogP contribution in [0.3, 0.4) is 0 Å². The molecule has 7 nitrogen and oxygen atoms in total. The van der Waals surface area contributed by atoms with Gasteiger partial charge in [-0.25, -0.2) is 0 Å². The minimum Gasteiger partial charge on any atom is -0.405 e. The monoisotopic (exact) mass is 355 g/mol. The number of nitro groups is 1. The highest BCUT2D eigenvalue weighted by Gasteiger charge is 2.34. The molecule has 0 amide bonds. The Morgan fingerprint density at radius 1 is 1.36 bits per heavy atom. The molecule has 4 rings (SSSR count). The zero-order valence-corrected chi connectivity index (χ0v) is 14.0. The Hall–Kier alpha value is -3.00. The third-order valence-corrected chi connectivity index (χ3v) is 5.26. The standard InChI is InChI=1S/C17H13N3O4S/c1-9-5-6-13(25-9)12-8-14(21)24-17-15(12)16(18-19-17)10-3-2-4-11(7-10)20(22)23/h2-7,12H,8H2,1H3,(H,18,19). The Morgan fingerprint density at radius 3 is 2.92 bits per heavy atom. The highest BCUT2D eigenvalue weighted by atomic mass is 32.1. The van der Waals surface area contributed by atoms with Crippen LogP contribution in [0.4, 0.5) is 5.69 Å². The van der Waals surface area contributed by atoms with E-state index in [0.717, 1.165) is 15.3 Å². The molecule has 0 saturated heterocycles. The molecule has 0 fully saturated rings. The van der Waals surface area contributed by atoms with E-state index in [1.807, 2.05) is 19.1 Å². The number of H-pyrrole nitrogens is 1. The van der Waals surface area contributed by atoms with Crippen LogP contribution in [0.15, 0.2) is 36.4 Å². The lowest BCUT2D eigenvalue weighted by Gasteiger charge is -2.21. The molecular formula is C17H13N3O4S. The molecule has 1 atom stereocenters. The number of hydrogen-bond donors (Lipinski definition) is 1. The number of nitrogens with zero attached hydrogens (tertiary/aromatic N) is 2. The second-order valence-corrected chi connectivity index (χ2v) is 7.12. The smallest absolute Gasteiger partial charge is 0.313 e. The summed E-state index contributed by atoms with van der Waals surface area (Å²) >= 11 is 1.62. The molecule has 1 unspecified atom stereocenters. The molecule has 8 heteroatoms. The average Bonchev–Trinajstić information content (AvgIpc) is 3.20. The Balaban J connectivity index is 1.86. The molecule has 1 aliphatic heterocycles. The van der Waals surface area contributed by atoms with Crippen molar-refractivity contribution in [2.75, 3.05) is 0 Å². The van der Waals surface area contributed by atoms with Gasteiger partial charge in [0.15, 0.2) is 0 Å². The first-order valence-corrected chi connectivity index (χ1v) is 8.44. The zero-order chi connectivity index (χ0) is 17.6. The van der Waals surface area contributed by atoms with Crippen LogP contribution in [-0.2, 0) is 4.79 Å². The van der Waals surface area contributed by atoms with Crippen molar-refractivity contribution in [2.24, 2.45) is 0 Å². The van der Waals surface area contributed by atoms with Gasteiger partial charge in [0, 0.05) is 33.4 Å². The van der Waals surface area contributed by atoms with E-state index in [1.165, 1.54) is 12.1 Å². The Labute approximate surface area is 146 Å². The van der Waals surface area contributed by atoms with Crippen molar-refractivity contribution in [3.63, 3.8) is 0 Å². The van der Waals surface area contributed by atoms with Gasteiger partial charge in [0.1, 0.15) is 0 Å². The lowest BCUT2D eigenvalue weighted by atomic mass is 9.90. The van der Waals surface area contributed by atoms with E-state index < -0.39 is 4.92 Å². The average molecular weight is 355 g/mol. The molecule has 126 valence electrons. The van der Waals surface area contributed by atoms with E-state index in [-0.39, 0.29) is 29.9 Å². The lowest BCUT2D eigenvalue weighted by Crippen LogP contribution is -2.20. The number of hydrogen-bond acceptors (Lipinski definition) is 6. The van der Waals surface area contributed by atoms with E-state index in [1.54, 1.807) is 23.5 Å². The number of nitrogens with one attached hydrogen (secondary N) is 1. The first kappa shape index (κ1) is 15.5. The quantitative estimate of drug-likeness (QED) is 0.438. The summed E-state index contributed by atoms with van der Waals surface area (Å²) in [4.78, 5) is 24.8. The van der Waals surface area contributed by atoms with E-state index in [9.17, 15) is 14.9 Å². The summed E-state index contributed by atoms with van der Waals surface area (Å²) in [6.45, 7) is 2.01. The van der Waals surface area contributed by atoms with E-state index in [0.29, 0.717) is 11.3 Å². The molecule has 3 heterocycles. The largest absolute Gasteiger partial charge is 0.405 e. The number of aryl methyl sites for hydroxylation is 1. The predicted molar refractivity (Wildman–Crippen MR) is 91.8 cm³/mol. The summed E-state index contributed by atoms with van der Waals surface area (Å²) in [6.07, 6.45) is 0.217. The first-order chi connectivity index (χ1) is 12.0. The van der Waals surface area contributed by atoms with Gasteiger partial charge in [0.25, 0.3) is 5.69 Å². The summed E-state index contributed by atoms with van der Waals surface area (Å²) in [6, 6.07) is 10.3. The van der Waals surface area contributed by atoms with Gasteiger partial charge < -0.3 is 4.74 Å². The van der Waals surface area contributed by atoms with Crippen LogP contribution in [0.1, 0.15) is 27.7 Å². The number of thiophene rings is 1. The molecule has 25 heavy (non-hydrogen) atoms. The molecule has 3 aromatic rings. The van der Waals surface area contributed by atoms with Gasteiger partial charge in [0.2, 0.25) is 5.88 Å². The third kappa shape index (κ3) is 2.70. The molecule has 2 aromatic heterocycles. The van der Waals surface area contributed by atoms with E-state index >= 15 is 0 Å². The maximum Gasteiger partial charge on any atom is 0.313 e. The normalized spacial score (nSPS) is 16.4. The fraction of sp³-hybridized carbons (Fsp3) is 0.176. The summed E-state index contributed by atoms with van der Waals surface area (Å²) in [5.74, 6) is -0.266. The number of esters is 1. The Morgan fingerprint density at radius 2 is 2.20 bits per heavy atom. The number of ether oxygens (including phenoxy) is 1. The highest BCUT2D eigenvalue weighted by Crippen LogP contribution is 2.45. The summed E-state index contributed by atoms with van der Waals surface area (Å²) in [5, 5.41) is 18.0. The first-order valence-electron chi connectivity index (χ1n) is 7.63. The molecule has 0 radical (unpaired) electrons. The second kappa shape index (κ2) is 5.82. The van der Waals surface area contributed by atoms with Gasteiger partial charge >= 0.3 is 5.97 Å². The van der Waals surface area contributed by atoms with Crippen molar-refractivity contribution in [3.05, 3.63) is 61.8 Å². The maximum absolute atomic E-state index is 11.9. The van der Waals surface area contributed by atoms with Gasteiger partial charge in [-0.1, -0.05) is 12.1 Å². The van der Waals surface area contributed by atoms with Crippen molar-refractivity contribution in [1.82, 2.24) is 10.2 Å². The lowest BCUT2D eigenvalue weighted by molar-refractivity contribution is -0.384. The van der Waals surface area contributed by atoms with E-state index in [2.05, 4.69) is 10.2 Å². The minimum atomic E-state index is -0.438. The molecule has 0 aliphatic carbocycles. The number of nitro benzene ring substituents is 1. The van der Waals surface area contributed by atoms with Crippen molar-refractivity contribution in [3.8, 4) is 17.1 Å². The number of carbonyl (C=O) groups is 1. The fourth-order valence-corrected chi connectivity index (χ4v) is 4.02.